The van der Waals surface area contributed by atoms with Crippen LogP contribution in [0, 0.1) is 0 Å². The summed E-state index contributed by atoms with van der Waals surface area (Å²) in [6, 6.07) is 8.45. The van der Waals surface area contributed by atoms with Crippen LogP contribution in [0.3, 0.4) is 0 Å². The van der Waals surface area contributed by atoms with Crippen LogP contribution in [0.25, 0.3) is 0 Å². The Kier molecular flexibility index (Phi) is 4.54. The number of benzene rings is 1. The van der Waals surface area contributed by atoms with Gasteiger partial charge in [0, 0.05) is 6.61 Å². The van der Waals surface area contributed by atoms with E-state index in [1.165, 1.54) is 0 Å². The summed E-state index contributed by atoms with van der Waals surface area (Å²) in [6.07, 6.45) is 0.287. The van der Waals surface area contributed by atoms with Crippen molar-refractivity contribution in [2.75, 3.05) is 17.9 Å². The van der Waals surface area contributed by atoms with E-state index < -0.39 is 10.3 Å². The molecule has 0 bridgehead atoms. The summed E-state index contributed by atoms with van der Waals surface area (Å²) in [7, 11) is -3.77. The van der Waals surface area contributed by atoms with Crippen LogP contribution in [0.2, 0.25) is 0 Å². The quantitative estimate of drug-likeness (QED) is 0.708. The monoisotopic (exact) mass is 231 g/mol. The van der Waals surface area contributed by atoms with Gasteiger partial charge in [-0.1, -0.05) is 18.2 Å². The van der Waals surface area contributed by atoms with Gasteiger partial charge < -0.3 is 5.11 Å². The minimum absolute atomic E-state index is 0.0291. The smallest absolute Gasteiger partial charge is 0.359 e. The van der Waals surface area contributed by atoms with E-state index in [0.717, 1.165) is 0 Å². The molecule has 1 rings (SSSR count). The van der Waals surface area contributed by atoms with Crippen molar-refractivity contribution in [2.24, 2.45) is 0 Å². The zero-order valence-electron chi connectivity index (χ0n) is 8.09. The van der Waals surface area contributed by atoms with Gasteiger partial charge in [0.2, 0.25) is 0 Å². The molecule has 0 atom stereocenters. The molecule has 15 heavy (non-hydrogen) atoms. The predicted octanol–water partition coefficient (Wildman–Crippen LogP) is 0.742. The Balaban J connectivity index is 2.50. The second-order valence-electron chi connectivity index (χ2n) is 2.82. The summed E-state index contributed by atoms with van der Waals surface area (Å²) >= 11 is 0. The van der Waals surface area contributed by atoms with Gasteiger partial charge in [0.15, 0.2) is 0 Å². The molecule has 0 amide bonds. The second-order valence-corrected chi connectivity index (χ2v) is 4.17. The van der Waals surface area contributed by atoms with Gasteiger partial charge in [0.05, 0.1) is 12.3 Å². The van der Waals surface area contributed by atoms with Crippen LogP contribution in [0.5, 0.6) is 0 Å². The topological polar surface area (TPSA) is 75.6 Å². The first kappa shape index (κ1) is 12.0. The molecule has 0 fully saturated rings. The lowest BCUT2D eigenvalue weighted by molar-refractivity contribution is 0.238. The van der Waals surface area contributed by atoms with Crippen molar-refractivity contribution in [3.8, 4) is 0 Å². The highest BCUT2D eigenvalue weighted by Crippen LogP contribution is 2.08. The SMILES string of the molecule is O=S(=O)(Nc1ccccc1)OCCCO. The molecule has 0 aliphatic carbocycles. The van der Waals surface area contributed by atoms with Crippen LogP contribution in [0.4, 0.5) is 5.69 Å². The van der Waals surface area contributed by atoms with Crippen molar-refractivity contribution in [3.05, 3.63) is 30.3 Å². The number of anilines is 1. The molecule has 0 radical (unpaired) electrons. The molecule has 0 unspecified atom stereocenters. The summed E-state index contributed by atoms with van der Waals surface area (Å²) < 4.78 is 29.3. The maximum Gasteiger partial charge on any atom is 0.359 e. The van der Waals surface area contributed by atoms with Gasteiger partial charge in [-0.3, -0.25) is 8.91 Å². The first-order valence-electron chi connectivity index (χ1n) is 4.47. The fraction of sp³-hybridized carbons (Fsp3) is 0.333. The average Bonchev–Trinajstić information content (AvgIpc) is 2.18. The predicted molar refractivity (Wildman–Crippen MR) is 56.6 cm³/mol. The molecule has 0 heterocycles. The van der Waals surface area contributed by atoms with Gasteiger partial charge >= 0.3 is 10.3 Å². The maximum absolute atomic E-state index is 11.3. The van der Waals surface area contributed by atoms with E-state index in [2.05, 4.69) is 8.91 Å². The standard InChI is InChI=1S/C9H13NO4S/c11-7-4-8-14-15(12,13)10-9-5-2-1-3-6-9/h1-3,5-6,10-11H,4,7-8H2. The highest BCUT2D eigenvalue weighted by atomic mass is 32.2. The molecule has 0 saturated carbocycles. The van der Waals surface area contributed by atoms with Gasteiger partial charge in [-0.25, -0.2) is 0 Å². The Labute approximate surface area is 89.0 Å². The van der Waals surface area contributed by atoms with Crippen molar-refractivity contribution in [1.82, 2.24) is 0 Å². The van der Waals surface area contributed by atoms with Crippen molar-refractivity contribution in [3.63, 3.8) is 0 Å². The van der Waals surface area contributed by atoms with Crippen LogP contribution in [-0.2, 0) is 14.5 Å². The van der Waals surface area contributed by atoms with E-state index in [9.17, 15) is 8.42 Å². The van der Waals surface area contributed by atoms with Crippen LogP contribution >= 0.6 is 0 Å². The highest BCUT2D eigenvalue weighted by Gasteiger charge is 2.09. The number of aliphatic hydroxyl groups is 1. The zero-order chi connectivity index (χ0) is 11.1. The van der Waals surface area contributed by atoms with Gasteiger partial charge in [0.25, 0.3) is 0 Å². The van der Waals surface area contributed by atoms with Gasteiger partial charge in [-0.2, -0.15) is 8.42 Å². The zero-order valence-corrected chi connectivity index (χ0v) is 8.90. The third-order valence-corrected chi connectivity index (χ3v) is 2.52. The van der Waals surface area contributed by atoms with E-state index in [1.54, 1.807) is 30.3 Å². The molecule has 1 aromatic carbocycles. The Morgan fingerprint density at radius 2 is 1.93 bits per heavy atom. The molecule has 5 nitrogen and oxygen atoms in total. The molecule has 1 aromatic rings. The molecule has 6 heteroatoms. The van der Waals surface area contributed by atoms with Gasteiger partial charge in [-0.05, 0) is 18.6 Å². The Bertz CT molecular complexity index is 376. The summed E-state index contributed by atoms with van der Waals surface area (Å²) in [5.74, 6) is 0. The fourth-order valence-electron chi connectivity index (χ4n) is 0.913. The Hall–Kier alpha value is -1.11. The van der Waals surface area contributed by atoms with Crippen LogP contribution < -0.4 is 4.72 Å². The van der Waals surface area contributed by atoms with Crippen LogP contribution in [-0.4, -0.2) is 26.7 Å². The van der Waals surface area contributed by atoms with E-state index >= 15 is 0 Å². The number of para-hydroxylation sites is 1. The molecule has 0 spiro atoms. The maximum atomic E-state index is 11.3. The van der Waals surface area contributed by atoms with E-state index in [-0.39, 0.29) is 19.6 Å². The molecule has 0 aliphatic rings. The number of nitrogens with one attached hydrogen (secondary N) is 1. The molecule has 0 aliphatic heterocycles. The molecule has 0 aromatic heterocycles. The van der Waals surface area contributed by atoms with E-state index in [0.29, 0.717) is 5.69 Å². The van der Waals surface area contributed by atoms with E-state index in [1.807, 2.05) is 0 Å². The number of hydrogen-bond acceptors (Lipinski definition) is 4. The average molecular weight is 231 g/mol. The largest absolute Gasteiger partial charge is 0.396 e. The normalized spacial score (nSPS) is 11.3. The second kappa shape index (κ2) is 5.69. The molecule has 2 N–H and O–H groups in total. The van der Waals surface area contributed by atoms with Crippen molar-refractivity contribution < 1.29 is 17.7 Å². The first-order chi connectivity index (χ1) is 7.14. The van der Waals surface area contributed by atoms with Gasteiger partial charge in [-0.15, -0.1) is 0 Å². The highest BCUT2D eigenvalue weighted by molar-refractivity contribution is 7.88. The summed E-state index contributed by atoms with van der Waals surface area (Å²) in [5, 5.41) is 8.46. The molecule has 0 saturated heterocycles. The number of rotatable bonds is 6. The van der Waals surface area contributed by atoms with Crippen molar-refractivity contribution >= 4 is 16.0 Å². The number of hydrogen-bond donors (Lipinski definition) is 2. The lowest BCUT2D eigenvalue weighted by Gasteiger charge is -2.07. The lowest BCUT2D eigenvalue weighted by atomic mass is 10.3. The van der Waals surface area contributed by atoms with Crippen molar-refractivity contribution in [1.29, 1.82) is 0 Å². The van der Waals surface area contributed by atoms with Crippen molar-refractivity contribution in [2.45, 2.75) is 6.42 Å². The lowest BCUT2D eigenvalue weighted by Crippen LogP contribution is -2.17. The molecular weight excluding hydrogens is 218 g/mol. The third-order valence-electron chi connectivity index (χ3n) is 1.56. The summed E-state index contributed by atoms with van der Waals surface area (Å²) in [6.45, 7) is -0.125. The van der Waals surface area contributed by atoms with E-state index in [4.69, 9.17) is 5.11 Å². The fourth-order valence-corrected chi connectivity index (χ4v) is 1.73. The van der Waals surface area contributed by atoms with Gasteiger partial charge in [0.1, 0.15) is 0 Å². The molecule has 84 valence electrons. The minimum atomic E-state index is -3.77. The van der Waals surface area contributed by atoms with Crippen LogP contribution in [0.15, 0.2) is 30.3 Å². The molecular formula is C9H13NO4S. The Morgan fingerprint density at radius 3 is 2.53 bits per heavy atom. The Morgan fingerprint density at radius 1 is 1.27 bits per heavy atom. The first-order valence-corrected chi connectivity index (χ1v) is 5.88. The van der Waals surface area contributed by atoms with Crippen LogP contribution in [0.1, 0.15) is 6.42 Å². The summed E-state index contributed by atoms with van der Waals surface area (Å²) in [4.78, 5) is 0. The minimum Gasteiger partial charge on any atom is -0.396 e. The summed E-state index contributed by atoms with van der Waals surface area (Å²) in [5.41, 5.74) is 0.446. The number of aliphatic hydroxyl groups excluding tert-OH is 1. The third kappa shape index (κ3) is 4.78.